The number of benzene rings is 1. The fourth-order valence-corrected chi connectivity index (χ4v) is 2.88. The van der Waals surface area contributed by atoms with E-state index in [1.165, 1.54) is 6.07 Å². The standard InChI is InChI=1S/C10H9BrFNO6S/c11-5-1-2-8(6(12)3-5)20(18,19)13-7(10(16)17)4-9(14)15/h1-3,7,13H,4H2,(H,14,15)(H,16,17). The van der Waals surface area contributed by atoms with Crippen LogP contribution >= 0.6 is 15.9 Å². The molecule has 0 spiro atoms. The molecule has 7 nitrogen and oxygen atoms in total. The minimum absolute atomic E-state index is 0.300. The number of hydrogen-bond donors (Lipinski definition) is 3. The van der Waals surface area contributed by atoms with Gasteiger partial charge in [-0.05, 0) is 18.2 Å². The van der Waals surface area contributed by atoms with Crippen molar-refractivity contribution in [2.75, 3.05) is 0 Å². The summed E-state index contributed by atoms with van der Waals surface area (Å²) in [5.74, 6) is -4.27. The Morgan fingerprint density at radius 2 is 1.95 bits per heavy atom. The predicted molar refractivity (Wildman–Crippen MR) is 68.1 cm³/mol. The summed E-state index contributed by atoms with van der Waals surface area (Å²) in [7, 11) is -4.49. The van der Waals surface area contributed by atoms with Crippen molar-refractivity contribution in [1.82, 2.24) is 4.72 Å². The average molecular weight is 370 g/mol. The second kappa shape index (κ2) is 6.29. The third kappa shape index (κ3) is 4.25. The van der Waals surface area contributed by atoms with E-state index in [0.717, 1.165) is 12.1 Å². The SMILES string of the molecule is O=C(O)CC(NS(=O)(=O)c1ccc(Br)cc1F)C(=O)O. The van der Waals surface area contributed by atoms with Crippen LogP contribution in [0.15, 0.2) is 27.6 Å². The van der Waals surface area contributed by atoms with Gasteiger partial charge in [0.05, 0.1) is 6.42 Å². The van der Waals surface area contributed by atoms with Crippen molar-refractivity contribution in [2.45, 2.75) is 17.4 Å². The zero-order chi connectivity index (χ0) is 15.5. The lowest BCUT2D eigenvalue weighted by Gasteiger charge is -2.13. The molecule has 0 fully saturated rings. The summed E-state index contributed by atoms with van der Waals surface area (Å²) in [6.07, 6.45) is -0.966. The Hall–Kier alpha value is -1.52. The summed E-state index contributed by atoms with van der Waals surface area (Å²) in [4.78, 5) is 20.5. The molecule has 0 heterocycles. The molecule has 0 aliphatic heterocycles. The highest BCUT2D eigenvalue weighted by Crippen LogP contribution is 2.19. The van der Waals surface area contributed by atoms with Gasteiger partial charge in [-0.1, -0.05) is 15.9 Å². The first-order valence-electron chi connectivity index (χ1n) is 5.05. The highest BCUT2D eigenvalue weighted by atomic mass is 79.9. The highest BCUT2D eigenvalue weighted by Gasteiger charge is 2.29. The maximum atomic E-state index is 13.5. The van der Waals surface area contributed by atoms with Crippen molar-refractivity contribution in [2.24, 2.45) is 0 Å². The molecule has 0 saturated carbocycles. The lowest BCUT2D eigenvalue weighted by Crippen LogP contribution is -2.42. The van der Waals surface area contributed by atoms with Crippen LogP contribution in [0.25, 0.3) is 0 Å². The largest absolute Gasteiger partial charge is 0.481 e. The molecule has 0 aliphatic carbocycles. The summed E-state index contributed by atoms with van der Waals surface area (Å²) in [6, 6.07) is 1.19. The van der Waals surface area contributed by atoms with Crippen LogP contribution in [0.1, 0.15) is 6.42 Å². The number of hydrogen-bond acceptors (Lipinski definition) is 4. The van der Waals surface area contributed by atoms with Crippen LogP contribution in [0, 0.1) is 5.82 Å². The summed E-state index contributed by atoms with van der Waals surface area (Å²) in [6.45, 7) is 0. The van der Waals surface area contributed by atoms with E-state index in [1.54, 1.807) is 4.72 Å². The molecule has 1 aromatic rings. The maximum Gasteiger partial charge on any atom is 0.322 e. The van der Waals surface area contributed by atoms with Crippen LogP contribution in [0.3, 0.4) is 0 Å². The summed E-state index contributed by atoms with van der Waals surface area (Å²) in [5, 5.41) is 17.3. The van der Waals surface area contributed by atoms with Crippen molar-refractivity contribution in [3.8, 4) is 0 Å². The Kier molecular flexibility index (Phi) is 5.20. The van der Waals surface area contributed by atoms with E-state index < -0.39 is 45.1 Å². The highest BCUT2D eigenvalue weighted by molar-refractivity contribution is 9.10. The van der Waals surface area contributed by atoms with E-state index in [1.807, 2.05) is 0 Å². The van der Waals surface area contributed by atoms with E-state index in [2.05, 4.69) is 15.9 Å². The van der Waals surface area contributed by atoms with Crippen LogP contribution in [0.2, 0.25) is 0 Å². The van der Waals surface area contributed by atoms with Gasteiger partial charge in [0.25, 0.3) is 0 Å². The normalized spacial score (nSPS) is 12.9. The van der Waals surface area contributed by atoms with Gasteiger partial charge in [-0.15, -0.1) is 0 Å². The van der Waals surface area contributed by atoms with Crippen LogP contribution in [-0.2, 0) is 19.6 Å². The van der Waals surface area contributed by atoms with Gasteiger partial charge in [-0.3, -0.25) is 9.59 Å². The molecule has 1 aromatic carbocycles. The van der Waals surface area contributed by atoms with Crippen molar-refractivity contribution in [3.63, 3.8) is 0 Å². The van der Waals surface area contributed by atoms with Crippen LogP contribution in [0.4, 0.5) is 4.39 Å². The van der Waals surface area contributed by atoms with Gasteiger partial charge < -0.3 is 10.2 Å². The third-order valence-corrected chi connectivity index (χ3v) is 4.16. The third-order valence-electron chi connectivity index (χ3n) is 2.16. The molecule has 0 aromatic heterocycles. The number of rotatable bonds is 6. The number of sulfonamides is 1. The van der Waals surface area contributed by atoms with Crippen molar-refractivity contribution in [1.29, 1.82) is 0 Å². The number of carboxylic acid groups (broad SMARTS) is 2. The van der Waals surface area contributed by atoms with Gasteiger partial charge in [0.1, 0.15) is 16.8 Å². The molecule has 110 valence electrons. The molecule has 1 rings (SSSR count). The molecule has 0 amide bonds. The fourth-order valence-electron chi connectivity index (χ4n) is 1.30. The van der Waals surface area contributed by atoms with E-state index in [9.17, 15) is 22.4 Å². The number of carbonyl (C=O) groups is 2. The van der Waals surface area contributed by atoms with Gasteiger partial charge in [-0.25, -0.2) is 12.8 Å². The summed E-state index contributed by atoms with van der Waals surface area (Å²) < 4.78 is 39.2. The molecule has 3 N–H and O–H groups in total. The maximum absolute atomic E-state index is 13.5. The Labute approximate surface area is 121 Å². The number of carboxylic acids is 2. The Balaban J connectivity index is 3.09. The molecule has 1 unspecified atom stereocenters. The Morgan fingerprint density at radius 1 is 1.35 bits per heavy atom. The van der Waals surface area contributed by atoms with E-state index in [0.29, 0.717) is 4.47 Å². The molecule has 20 heavy (non-hydrogen) atoms. The summed E-state index contributed by atoms with van der Waals surface area (Å²) in [5.41, 5.74) is 0. The molecular weight excluding hydrogens is 361 g/mol. The van der Waals surface area contributed by atoms with Crippen LogP contribution in [0.5, 0.6) is 0 Å². The molecule has 0 saturated heterocycles. The first-order valence-corrected chi connectivity index (χ1v) is 7.33. The zero-order valence-electron chi connectivity index (χ0n) is 9.71. The number of nitrogens with one attached hydrogen (secondary N) is 1. The van der Waals surface area contributed by atoms with E-state index in [-0.39, 0.29) is 0 Å². The van der Waals surface area contributed by atoms with E-state index in [4.69, 9.17) is 10.2 Å². The van der Waals surface area contributed by atoms with Gasteiger partial charge >= 0.3 is 11.9 Å². The first-order chi connectivity index (χ1) is 9.13. The molecule has 0 bridgehead atoms. The second-order valence-electron chi connectivity index (χ2n) is 3.68. The first kappa shape index (κ1) is 16.5. The lowest BCUT2D eigenvalue weighted by atomic mass is 10.2. The summed E-state index contributed by atoms with van der Waals surface area (Å²) >= 11 is 2.94. The lowest BCUT2D eigenvalue weighted by molar-refractivity contribution is -0.145. The smallest absolute Gasteiger partial charge is 0.322 e. The Bertz CT molecular complexity index is 647. The quantitative estimate of drug-likeness (QED) is 0.681. The molecule has 10 heteroatoms. The fraction of sp³-hybridized carbons (Fsp3) is 0.200. The van der Waals surface area contributed by atoms with Crippen LogP contribution in [-0.4, -0.2) is 36.6 Å². The van der Waals surface area contributed by atoms with Gasteiger partial charge in [0, 0.05) is 4.47 Å². The monoisotopic (exact) mass is 369 g/mol. The van der Waals surface area contributed by atoms with E-state index >= 15 is 0 Å². The minimum Gasteiger partial charge on any atom is -0.481 e. The topological polar surface area (TPSA) is 121 Å². The van der Waals surface area contributed by atoms with Crippen LogP contribution < -0.4 is 4.72 Å². The minimum atomic E-state index is -4.49. The van der Waals surface area contributed by atoms with Gasteiger partial charge in [0.15, 0.2) is 0 Å². The molecule has 0 aliphatic rings. The second-order valence-corrected chi connectivity index (χ2v) is 6.28. The molecular formula is C10H9BrFNO6S. The van der Waals surface area contributed by atoms with Crippen molar-refractivity contribution >= 4 is 37.9 Å². The van der Waals surface area contributed by atoms with Crippen molar-refractivity contribution < 1.29 is 32.6 Å². The Morgan fingerprint density at radius 3 is 2.40 bits per heavy atom. The van der Waals surface area contributed by atoms with Crippen molar-refractivity contribution in [3.05, 3.63) is 28.5 Å². The average Bonchev–Trinajstić information content (AvgIpc) is 2.26. The predicted octanol–water partition coefficient (Wildman–Crippen LogP) is 0.794. The number of halogens is 2. The van der Waals surface area contributed by atoms with Gasteiger partial charge in [-0.2, -0.15) is 4.72 Å². The molecule has 0 radical (unpaired) electrons. The van der Waals surface area contributed by atoms with Gasteiger partial charge in [0.2, 0.25) is 10.0 Å². The zero-order valence-corrected chi connectivity index (χ0v) is 12.1. The number of aliphatic carboxylic acids is 2. The molecule has 1 atom stereocenters.